The van der Waals surface area contributed by atoms with Crippen LogP contribution in [-0.2, 0) is 14.3 Å². The number of hydrogen-bond acceptors (Lipinski definition) is 4. The van der Waals surface area contributed by atoms with Gasteiger partial charge in [-0.3, -0.25) is 4.79 Å². The van der Waals surface area contributed by atoms with Gasteiger partial charge in [0.2, 0.25) is 0 Å². The van der Waals surface area contributed by atoms with Crippen molar-refractivity contribution in [3.8, 4) is 0 Å². The average Bonchev–Trinajstić information content (AvgIpc) is 2.44. The Kier molecular flexibility index (Phi) is 7.32. The number of unbranched alkanes of at least 4 members (excludes halogenated alkanes) is 2. The summed E-state index contributed by atoms with van der Waals surface area (Å²) in [6, 6.07) is 8.72. The Balaban J connectivity index is 2.11. The van der Waals surface area contributed by atoms with Crippen molar-refractivity contribution in [1.29, 1.82) is 0 Å². The summed E-state index contributed by atoms with van der Waals surface area (Å²) in [4.78, 5) is 22.8. The summed E-state index contributed by atoms with van der Waals surface area (Å²) < 4.78 is 9.95. The van der Waals surface area contributed by atoms with Crippen LogP contribution in [0.25, 0.3) is 0 Å². The molecule has 0 saturated heterocycles. The predicted molar refractivity (Wildman–Crippen MR) is 71.8 cm³/mol. The lowest BCUT2D eigenvalue weighted by Crippen LogP contribution is -2.13. The van der Waals surface area contributed by atoms with Gasteiger partial charge in [0.1, 0.15) is 13.2 Å². The zero-order chi connectivity index (χ0) is 13.9. The Labute approximate surface area is 113 Å². The van der Waals surface area contributed by atoms with E-state index in [9.17, 15) is 9.59 Å². The van der Waals surface area contributed by atoms with Gasteiger partial charge in [0.15, 0.2) is 0 Å². The fraction of sp³-hybridized carbons (Fsp3) is 0.467. The molecule has 4 heteroatoms. The first-order valence-corrected chi connectivity index (χ1v) is 6.62. The maximum Gasteiger partial charge on any atom is 0.338 e. The number of carbonyl (C=O) groups is 2. The first-order valence-electron chi connectivity index (χ1n) is 6.62. The lowest BCUT2D eigenvalue weighted by atomic mass is 10.2. The summed E-state index contributed by atoms with van der Waals surface area (Å²) >= 11 is 0. The van der Waals surface area contributed by atoms with E-state index in [-0.39, 0.29) is 19.2 Å². The molecule has 1 aromatic rings. The van der Waals surface area contributed by atoms with Gasteiger partial charge in [-0.05, 0) is 18.6 Å². The molecule has 0 aliphatic heterocycles. The van der Waals surface area contributed by atoms with Crippen LogP contribution < -0.4 is 0 Å². The molecule has 0 saturated carbocycles. The Hall–Kier alpha value is -1.84. The molecule has 0 aliphatic rings. The molecule has 1 aromatic carbocycles. The molecule has 0 spiro atoms. The van der Waals surface area contributed by atoms with Crippen molar-refractivity contribution in [2.45, 2.75) is 32.6 Å². The maximum absolute atomic E-state index is 11.5. The molecule has 0 atom stereocenters. The molecule has 4 nitrogen and oxygen atoms in total. The van der Waals surface area contributed by atoms with Crippen molar-refractivity contribution in [2.24, 2.45) is 0 Å². The number of ether oxygens (including phenoxy) is 2. The molecule has 1 rings (SSSR count). The molecule has 19 heavy (non-hydrogen) atoms. The Morgan fingerprint density at radius 2 is 1.68 bits per heavy atom. The molecule has 0 unspecified atom stereocenters. The van der Waals surface area contributed by atoms with Crippen molar-refractivity contribution in [1.82, 2.24) is 0 Å². The van der Waals surface area contributed by atoms with E-state index in [0.29, 0.717) is 12.0 Å². The van der Waals surface area contributed by atoms with E-state index in [1.54, 1.807) is 24.3 Å². The van der Waals surface area contributed by atoms with Crippen LogP contribution in [0.1, 0.15) is 43.0 Å². The minimum absolute atomic E-state index is 0.0905. The Morgan fingerprint density at radius 1 is 1.00 bits per heavy atom. The van der Waals surface area contributed by atoms with Crippen molar-refractivity contribution in [2.75, 3.05) is 13.2 Å². The Bertz CT molecular complexity index is 386. The highest BCUT2D eigenvalue weighted by Gasteiger charge is 2.06. The first kappa shape index (κ1) is 15.2. The molecule has 0 aromatic heterocycles. The number of hydrogen-bond donors (Lipinski definition) is 0. The van der Waals surface area contributed by atoms with E-state index >= 15 is 0 Å². The summed E-state index contributed by atoms with van der Waals surface area (Å²) in [5.41, 5.74) is 0.497. The van der Waals surface area contributed by atoms with Crippen LogP contribution >= 0.6 is 0 Å². The van der Waals surface area contributed by atoms with E-state index < -0.39 is 5.97 Å². The number of carbonyl (C=O) groups excluding carboxylic acids is 2. The van der Waals surface area contributed by atoms with E-state index in [1.165, 1.54) is 0 Å². The third kappa shape index (κ3) is 6.60. The van der Waals surface area contributed by atoms with Crippen molar-refractivity contribution < 1.29 is 19.1 Å². The van der Waals surface area contributed by atoms with Gasteiger partial charge in [-0.1, -0.05) is 38.0 Å². The highest BCUT2D eigenvalue weighted by atomic mass is 16.6. The van der Waals surface area contributed by atoms with Gasteiger partial charge in [0.25, 0.3) is 0 Å². The first-order chi connectivity index (χ1) is 9.24. The lowest BCUT2D eigenvalue weighted by Gasteiger charge is -2.06. The Morgan fingerprint density at radius 3 is 2.37 bits per heavy atom. The highest BCUT2D eigenvalue weighted by Crippen LogP contribution is 2.02. The number of esters is 2. The minimum Gasteiger partial charge on any atom is -0.462 e. The van der Waals surface area contributed by atoms with Gasteiger partial charge in [-0.2, -0.15) is 0 Å². The van der Waals surface area contributed by atoms with Crippen LogP contribution in [0, 0.1) is 0 Å². The second-order valence-electron chi connectivity index (χ2n) is 4.18. The van der Waals surface area contributed by atoms with Crippen molar-refractivity contribution in [3.63, 3.8) is 0 Å². The molecule has 0 heterocycles. The number of benzene rings is 1. The van der Waals surface area contributed by atoms with Crippen LogP contribution in [0.3, 0.4) is 0 Å². The molecule has 104 valence electrons. The van der Waals surface area contributed by atoms with Crippen molar-refractivity contribution >= 4 is 11.9 Å². The molecule has 0 N–H and O–H groups in total. The standard InChI is InChI=1S/C15H20O4/c1-2-3-5-10-14(16)18-11-12-19-15(17)13-8-6-4-7-9-13/h4,6-9H,2-3,5,10-12H2,1H3. The van der Waals surface area contributed by atoms with Crippen LogP contribution in [0.5, 0.6) is 0 Å². The summed E-state index contributed by atoms with van der Waals surface area (Å²) in [5, 5.41) is 0. The third-order valence-electron chi connectivity index (χ3n) is 2.57. The van der Waals surface area contributed by atoms with Crippen molar-refractivity contribution in [3.05, 3.63) is 35.9 Å². The monoisotopic (exact) mass is 264 g/mol. The molecular weight excluding hydrogens is 244 g/mol. The molecular formula is C15H20O4. The van der Waals surface area contributed by atoms with Gasteiger partial charge < -0.3 is 9.47 Å². The maximum atomic E-state index is 11.5. The quantitative estimate of drug-likeness (QED) is 0.535. The normalized spacial score (nSPS) is 9.95. The summed E-state index contributed by atoms with van der Waals surface area (Å²) in [7, 11) is 0. The van der Waals surface area contributed by atoms with Crippen LogP contribution in [0.15, 0.2) is 30.3 Å². The third-order valence-corrected chi connectivity index (χ3v) is 2.57. The van der Waals surface area contributed by atoms with Crippen LogP contribution in [0.2, 0.25) is 0 Å². The van der Waals surface area contributed by atoms with Gasteiger partial charge >= 0.3 is 11.9 Å². The fourth-order valence-corrected chi connectivity index (χ4v) is 1.54. The second kappa shape index (κ2) is 9.14. The smallest absolute Gasteiger partial charge is 0.338 e. The van der Waals surface area contributed by atoms with Gasteiger partial charge in [0.05, 0.1) is 5.56 Å². The van der Waals surface area contributed by atoms with Gasteiger partial charge in [-0.15, -0.1) is 0 Å². The molecule has 0 aliphatic carbocycles. The topological polar surface area (TPSA) is 52.6 Å². The summed E-state index contributed by atoms with van der Waals surface area (Å²) in [5.74, 6) is -0.633. The molecule has 0 fully saturated rings. The zero-order valence-corrected chi connectivity index (χ0v) is 11.3. The lowest BCUT2D eigenvalue weighted by molar-refractivity contribution is -0.144. The highest BCUT2D eigenvalue weighted by molar-refractivity contribution is 5.89. The second-order valence-corrected chi connectivity index (χ2v) is 4.18. The van der Waals surface area contributed by atoms with Crippen LogP contribution in [-0.4, -0.2) is 25.2 Å². The number of rotatable bonds is 8. The fourth-order valence-electron chi connectivity index (χ4n) is 1.54. The van der Waals surface area contributed by atoms with Crippen LogP contribution in [0.4, 0.5) is 0 Å². The zero-order valence-electron chi connectivity index (χ0n) is 11.3. The largest absolute Gasteiger partial charge is 0.462 e. The average molecular weight is 264 g/mol. The van der Waals surface area contributed by atoms with E-state index in [0.717, 1.165) is 19.3 Å². The summed E-state index contributed by atoms with van der Waals surface area (Å²) in [6.07, 6.45) is 3.37. The minimum atomic E-state index is -0.400. The predicted octanol–water partition coefficient (Wildman–Crippen LogP) is 2.97. The van der Waals surface area contributed by atoms with Gasteiger partial charge in [-0.25, -0.2) is 4.79 Å². The molecule has 0 bridgehead atoms. The molecule has 0 amide bonds. The summed E-state index contributed by atoms with van der Waals surface area (Å²) in [6.45, 7) is 2.28. The SMILES string of the molecule is CCCCCC(=O)OCCOC(=O)c1ccccc1. The van der Waals surface area contributed by atoms with E-state index in [1.807, 2.05) is 6.07 Å². The van der Waals surface area contributed by atoms with E-state index in [2.05, 4.69) is 6.92 Å². The van der Waals surface area contributed by atoms with E-state index in [4.69, 9.17) is 9.47 Å². The van der Waals surface area contributed by atoms with Gasteiger partial charge in [0, 0.05) is 6.42 Å². The molecule has 0 radical (unpaired) electrons.